The Hall–Kier alpha value is -0.930. The van der Waals surface area contributed by atoms with Gasteiger partial charge >= 0.3 is 10.6 Å². The highest BCUT2D eigenvalue weighted by molar-refractivity contribution is 8.14. The summed E-state index contributed by atoms with van der Waals surface area (Å²) in [5.74, 6) is 0.658. The highest BCUT2D eigenvalue weighted by atomic mass is 32.2. The fourth-order valence-electron chi connectivity index (χ4n) is 2.15. The zero-order valence-corrected chi connectivity index (χ0v) is 18.6. The maximum absolute atomic E-state index is 11.8. The average Bonchev–Trinajstić information content (AvgIpc) is 2.58. The Bertz CT molecular complexity index is 436. The van der Waals surface area contributed by atoms with E-state index in [1.807, 2.05) is 19.0 Å². The molecule has 158 valence electrons. The summed E-state index contributed by atoms with van der Waals surface area (Å²) in [5, 5.41) is 2.39. The van der Waals surface area contributed by atoms with Crippen molar-refractivity contribution in [2.24, 2.45) is 0 Å². The minimum atomic E-state index is -0.287. The number of rotatable bonds is 14. The van der Waals surface area contributed by atoms with Crippen LogP contribution in [-0.4, -0.2) is 72.8 Å². The van der Waals surface area contributed by atoms with Gasteiger partial charge in [0, 0.05) is 30.5 Å². The molecule has 0 saturated carbocycles. The predicted octanol–water partition coefficient (Wildman–Crippen LogP) is 3.76. The largest absolute Gasteiger partial charge is 0.458 e. The number of unbranched alkanes of at least 4 members (excludes halogenated alkanes) is 1. The van der Waals surface area contributed by atoms with E-state index in [0.717, 1.165) is 37.6 Å². The van der Waals surface area contributed by atoms with Crippen LogP contribution in [0.25, 0.3) is 0 Å². The summed E-state index contributed by atoms with van der Waals surface area (Å²) in [5.41, 5.74) is 0. The van der Waals surface area contributed by atoms with E-state index in [9.17, 15) is 14.4 Å². The molecule has 0 heterocycles. The van der Waals surface area contributed by atoms with Gasteiger partial charge in [0.05, 0.1) is 13.2 Å². The molecule has 0 rings (SSSR count). The van der Waals surface area contributed by atoms with Gasteiger partial charge in [-0.25, -0.2) is 9.59 Å². The van der Waals surface area contributed by atoms with Gasteiger partial charge in [-0.1, -0.05) is 6.42 Å². The maximum Gasteiger partial charge on any atom is 0.367 e. The first-order chi connectivity index (χ1) is 12.9. The average molecular weight is 423 g/mol. The van der Waals surface area contributed by atoms with Gasteiger partial charge in [0.2, 0.25) is 5.91 Å². The molecule has 1 atom stereocenters. The van der Waals surface area contributed by atoms with E-state index in [4.69, 9.17) is 9.47 Å². The van der Waals surface area contributed by atoms with Gasteiger partial charge in [-0.05, 0) is 70.7 Å². The van der Waals surface area contributed by atoms with E-state index < -0.39 is 0 Å². The fraction of sp³-hybridized carbons (Fsp3) is 0.833. The number of thioether (sulfide) groups is 2. The lowest BCUT2D eigenvalue weighted by atomic mass is 10.1. The van der Waals surface area contributed by atoms with E-state index in [0.29, 0.717) is 38.4 Å². The van der Waals surface area contributed by atoms with Crippen molar-refractivity contribution in [3.05, 3.63) is 0 Å². The van der Waals surface area contributed by atoms with Crippen LogP contribution in [0.4, 0.5) is 9.59 Å². The lowest BCUT2D eigenvalue weighted by Gasteiger charge is -2.15. The number of carbonyl (C=O) groups is 3. The quantitative estimate of drug-likeness (QED) is 0.334. The second kappa shape index (κ2) is 17.2. The van der Waals surface area contributed by atoms with Crippen LogP contribution in [0, 0.1) is 0 Å². The van der Waals surface area contributed by atoms with Crippen LogP contribution in [0.3, 0.4) is 0 Å². The summed E-state index contributed by atoms with van der Waals surface area (Å²) < 4.78 is 9.90. The van der Waals surface area contributed by atoms with Crippen molar-refractivity contribution in [1.29, 1.82) is 0 Å². The summed E-state index contributed by atoms with van der Waals surface area (Å²) in [7, 11) is 3.93. The van der Waals surface area contributed by atoms with Crippen molar-refractivity contribution in [3.63, 3.8) is 0 Å². The lowest BCUT2D eigenvalue weighted by molar-refractivity contribution is -0.121. The number of amides is 1. The summed E-state index contributed by atoms with van der Waals surface area (Å²) in [6.45, 7) is 5.74. The van der Waals surface area contributed by atoms with Gasteiger partial charge in [0.15, 0.2) is 0 Å². The molecule has 27 heavy (non-hydrogen) atoms. The topological polar surface area (TPSA) is 84.9 Å². The number of nitrogens with one attached hydrogen (secondary N) is 1. The molecule has 0 aliphatic heterocycles. The van der Waals surface area contributed by atoms with Gasteiger partial charge in [0.25, 0.3) is 0 Å². The standard InChI is InChI=1S/C18H34N2O5S2/c1-5-24-17(22)26-14-11-15(27-18(23)25-6-2)9-7-8-10-16(21)19-12-13-20(3)4/h15H,5-14H2,1-4H3,(H,19,21). The first-order valence-corrected chi connectivity index (χ1v) is 11.3. The van der Waals surface area contributed by atoms with E-state index >= 15 is 0 Å². The molecular weight excluding hydrogens is 388 g/mol. The predicted molar refractivity (Wildman–Crippen MR) is 113 cm³/mol. The van der Waals surface area contributed by atoms with E-state index in [1.165, 1.54) is 11.8 Å². The molecule has 9 heteroatoms. The monoisotopic (exact) mass is 422 g/mol. The van der Waals surface area contributed by atoms with Crippen LogP contribution in [0.15, 0.2) is 0 Å². The third-order valence-corrected chi connectivity index (χ3v) is 5.42. The summed E-state index contributed by atoms with van der Waals surface area (Å²) in [6, 6.07) is 0. The Morgan fingerprint density at radius 3 is 2.30 bits per heavy atom. The van der Waals surface area contributed by atoms with E-state index in [1.54, 1.807) is 13.8 Å². The SMILES string of the molecule is CCOC(=O)SCCC(CCCCC(=O)NCCN(C)C)SC(=O)OCC. The zero-order valence-electron chi connectivity index (χ0n) is 17.0. The molecule has 7 nitrogen and oxygen atoms in total. The number of ether oxygens (including phenoxy) is 2. The minimum absolute atomic E-state index is 0.0595. The summed E-state index contributed by atoms with van der Waals surface area (Å²) >= 11 is 2.31. The fourth-order valence-corrected chi connectivity index (χ4v) is 4.05. The van der Waals surface area contributed by atoms with Crippen LogP contribution in [0.5, 0.6) is 0 Å². The molecule has 1 amide bonds. The van der Waals surface area contributed by atoms with Crippen molar-refractivity contribution in [2.75, 3.05) is 46.2 Å². The van der Waals surface area contributed by atoms with Crippen LogP contribution in [0.2, 0.25) is 0 Å². The molecule has 0 fully saturated rings. The Labute approximate surface area is 171 Å². The second-order valence-corrected chi connectivity index (χ2v) is 8.41. The maximum atomic E-state index is 11.8. The molecule has 0 saturated heterocycles. The van der Waals surface area contributed by atoms with Crippen LogP contribution >= 0.6 is 23.5 Å². The Balaban J connectivity index is 4.12. The molecule has 1 unspecified atom stereocenters. The van der Waals surface area contributed by atoms with Crippen LogP contribution in [-0.2, 0) is 14.3 Å². The van der Waals surface area contributed by atoms with Gasteiger partial charge in [-0.3, -0.25) is 4.79 Å². The second-order valence-electron chi connectivity index (χ2n) is 6.14. The molecule has 0 aromatic heterocycles. The molecule has 0 aliphatic carbocycles. The Kier molecular flexibility index (Phi) is 16.6. The Morgan fingerprint density at radius 1 is 1.00 bits per heavy atom. The molecular formula is C18H34N2O5S2. The molecule has 0 aliphatic rings. The number of hydrogen-bond acceptors (Lipinski definition) is 8. The first kappa shape index (κ1) is 26.1. The van der Waals surface area contributed by atoms with Crippen molar-refractivity contribution < 1.29 is 23.9 Å². The first-order valence-electron chi connectivity index (χ1n) is 9.43. The van der Waals surface area contributed by atoms with Crippen molar-refractivity contribution in [2.45, 2.75) is 51.2 Å². The van der Waals surface area contributed by atoms with Gasteiger partial charge in [-0.15, -0.1) is 0 Å². The molecule has 0 aromatic carbocycles. The molecule has 0 radical (unpaired) electrons. The van der Waals surface area contributed by atoms with Crippen LogP contribution < -0.4 is 5.32 Å². The van der Waals surface area contributed by atoms with Crippen molar-refractivity contribution >= 4 is 40.0 Å². The molecule has 0 bridgehead atoms. The van der Waals surface area contributed by atoms with Crippen LogP contribution in [0.1, 0.15) is 46.0 Å². The third kappa shape index (κ3) is 16.9. The van der Waals surface area contributed by atoms with E-state index in [2.05, 4.69) is 5.32 Å². The number of nitrogens with zero attached hydrogens (tertiary/aromatic N) is 1. The third-order valence-electron chi connectivity index (χ3n) is 3.51. The number of likely N-dealkylation sites (N-methyl/N-ethyl adjacent to an activating group) is 1. The van der Waals surface area contributed by atoms with Crippen molar-refractivity contribution in [3.8, 4) is 0 Å². The van der Waals surface area contributed by atoms with E-state index in [-0.39, 0.29) is 21.8 Å². The van der Waals surface area contributed by atoms with Gasteiger partial charge in [-0.2, -0.15) is 0 Å². The zero-order chi connectivity index (χ0) is 20.5. The van der Waals surface area contributed by atoms with Gasteiger partial charge < -0.3 is 19.7 Å². The highest BCUT2D eigenvalue weighted by Crippen LogP contribution is 2.25. The Morgan fingerprint density at radius 2 is 1.67 bits per heavy atom. The lowest BCUT2D eigenvalue weighted by Crippen LogP contribution is -2.31. The molecule has 0 aromatic rings. The molecule has 1 N–H and O–H groups in total. The normalized spacial score (nSPS) is 11.9. The van der Waals surface area contributed by atoms with Gasteiger partial charge in [0.1, 0.15) is 0 Å². The number of hydrogen-bond donors (Lipinski definition) is 1. The number of carbonyl (C=O) groups excluding carboxylic acids is 3. The summed E-state index contributed by atoms with van der Waals surface area (Å²) in [4.78, 5) is 36.9. The van der Waals surface area contributed by atoms with Crippen molar-refractivity contribution in [1.82, 2.24) is 10.2 Å². The molecule has 0 spiro atoms. The summed E-state index contributed by atoms with van der Waals surface area (Å²) in [6.07, 6.45) is 3.63. The minimum Gasteiger partial charge on any atom is -0.458 e. The smallest absolute Gasteiger partial charge is 0.367 e. The highest BCUT2D eigenvalue weighted by Gasteiger charge is 2.17.